The van der Waals surface area contributed by atoms with Gasteiger partial charge in [-0.15, -0.1) is 0 Å². The number of amides is 2. The number of Topliss-reactive ketones (excluding diaryl/α,β-unsaturated/α-hetero) is 1. The van der Waals surface area contributed by atoms with E-state index in [1.54, 1.807) is 42.5 Å². The number of anilines is 2. The van der Waals surface area contributed by atoms with Crippen LogP contribution in [0, 0.1) is 5.82 Å². The number of halogens is 2. The third kappa shape index (κ3) is 5.76. The van der Waals surface area contributed by atoms with Crippen LogP contribution in [0.15, 0.2) is 77.3 Å². The monoisotopic (exact) mass is 593 g/mol. The molecule has 0 aliphatic carbocycles. The molecule has 39 heavy (non-hydrogen) atoms. The molecule has 10 heteroatoms. The van der Waals surface area contributed by atoms with Crippen LogP contribution in [-0.2, 0) is 14.3 Å². The summed E-state index contributed by atoms with van der Waals surface area (Å²) >= 11 is 3.30. The van der Waals surface area contributed by atoms with Crippen LogP contribution >= 0.6 is 15.9 Å². The minimum Gasteiger partial charge on any atom is -0.454 e. The van der Waals surface area contributed by atoms with E-state index in [-0.39, 0.29) is 35.4 Å². The summed E-state index contributed by atoms with van der Waals surface area (Å²) in [6.07, 6.45) is 0.0560. The quantitative estimate of drug-likeness (QED) is 0.232. The second-order valence-electron chi connectivity index (χ2n) is 9.31. The Morgan fingerprint density at radius 2 is 1.51 bits per heavy atom. The zero-order chi connectivity index (χ0) is 27.5. The molecule has 2 heterocycles. The number of rotatable bonds is 7. The van der Waals surface area contributed by atoms with E-state index in [1.165, 1.54) is 30.3 Å². The molecule has 0 bridgehead atoms. The number of carbonyl (C=O) groups excluding carboxylic acids is 4. The standard InChI is InChI=1S/C29H25BrFN3O5/c30-21-9-5-19(6-10-21)26(35)18-39-29(38)20-7-11-22(12-8-20)34-27(36)17-25(28(34)37)33-15-13-32(14-16-33)24-4-2-1-3-23(24)31/h1-12,25H,13-18H2. The van der Waals surface area contributed by atoms with Gasteiger partial charge in [0, 0.05) is 36.2 Å². The van der Waals surface area contributed by atoms with Crippen molar-refractivity contribution in [3.05, 3.63) is 94.2 Å². The maximum absolute atomic E-state index is 14.2. The SMILES string of the molecule is O=C(COC(=O)c1ccc(N2C(=O)CC(N3CCN(c4ccccc4F)CC3)C2=O)cc1)c1ccc(Br)cc1. The minimum atomic E-state index is -0.684. The average Bonchev–Trinajstić information content (AvgIpc) is 3.25. The van der Waals surface area contributed by atoms with Crippen molar-refractivity contribution in [2.75, 3.05) is 42.6 Å². The number of piperazine rings is 1. The van der Waals surface area contributed by atoms with E-state index in [2.05, 4.69) is 15.9 Å². The predicted molar refractivity (Wildman–Crippen MR) is 146 cm³/mol. The van der Waals surface area contributed by atoms with Gasteiger partial charge in [0.15, 0.2) is 12.4 Å². The zero-order valence-corrected chi connectivity index (χ0v) is 22.5. The lowest BCUT2D eigenvalue weighted by Crippen LogP contribution is -2.52. The molecular formula is C29H25BrFN3O5. The maximum Gasteiger partial charge on any atom is 0.338 e. The third-order valence-electron chi connectivity index (χ3n) is 6.93. The van der Waals surface area contributed by atoms with Crippen molar-refractivity contribution in [2.45, 2.75) is 12.5 Å². The van der Waals surface area contributed by atoms with Crippen LogP contribution in [-0.4, -0.2) is 67.3 Å². The molecule has 0 aromatic heterocycles. The first-order chi connectivity index (χ1) is 18.8. The highest BCUT2D eigenvalue weighted by Crippen LogP contribution is 2.28. The third-order valence-corrected chi connectivity index (χ3v) is 7.46. The van der Waals surface area contributed by atoms with Gasteiger partial charge in [0.1, 0.15) is 5.82 Å². The topological polar surface area (TPSA) is 87.2 Å². The molecule has 2 fully saturated rings. The number of hydrogen-bond donors (Lipinski definition) is 0. The summed E-state index contributed by atoms with van der Waals surface area (Å²) in [4.78, 5) is 55.8. The van der Waals surface area contributed by atoms with E-state index >= 15 is 0 Å². The summed E-state index contributed by atoms with van der Waals surface area (Å²) in [6, 6.07) is 18.7. The molecule has 0 spiro atoms. The molecule has 2 aliphatic rings. The second kappa shape index (κ2) is 11.5. The summed E-state index contributed by atoms with van der Waals surface area (Å²) in [6.45, 7) is 1.72. The normalized spacial score (nSPS) is 17.9. The predicted octanol–water partition coefficient (Wildman–Crippen LogP) is 4.08. The molecule has 200 valence electrons. The Labute approximate surface area is 233 Å². The van der Waals surface area contributed by atoms with Gasteiger partial charge in [-0.2, -0.15) is 0 Å². The van der Waals surface area contributed by atoms with Crippen molar-refractivity contribution in [2.24, 2.45) is 0 Å². The second-order valence-corrected chi connectivity index (χ2v) is 10.2. The van der Waals surface area contributed by atoms with E-state index in [1.807, 2.05) is 9.80 Å². The number of benzene rings is 3. The first kappa shape index (κ1) is 26.7. The van der Waals surface area contributed by atoms with Crippen molar-refractivity contribution in [3.8, 4) is 0 Å². The van der Waals surface area contributed by atoms with Gasteiger partial charge in [-0.05, 0) is 48.5 Å². The van der Waals surface area contributed by atoms with Gasteiger partial charge >= 0.3 is 5.97 Å². The van der Waals surface area contributed by atoms with Crippen molar-refractivity contribution < 1.29 is 28.3 Å². The van der Waals surface area contributed by atoms with E-state index < -0.39 is 18.6 Å². The van der Waals surface area contributed by atoms with Crippen molar-refractivity contribution in [1.29, 1.82) is 0 Å². The number of nitrogens with zero attached hydrogens (tertiary/aromatic N) is 3. The van der Waals surface area contributed by atoms with Crippen molar-refractivity contribution in [1.82, 2.24) is 4.90 Å². The molecule has 2 amide bonds. The Hall–Kier alpha value is -3.89. The Morgan fingerprint density at radius 3 is 2.18 bits per heavy atom. The molecule has 8 nitrogen and oxygen atoms in total. The van der Waals surface area contributed by atoms with Crippen LogP contribution < -0.4 is 9.80 Å². The highest BCUT2D eigenvalue weighted by Gasteiger charge is 2.43. The fraction of sp³-hybridized carbons (Fsp3) is 0.241. The fourth-order valence-corrected chi connectivity index (χ4v) is 5.10. The Morgan fingerprint density at radius 1 is 0.872 bits per heavy atom. The maximum atomic E-state index is 14.2. The lowest BCUT2D eigenvalue weighted by atomic mass is 10.1. The molecule has 5 rings (SSSR count). The van der Waals surface area contributed by atoms with Gasteiger partial charge in [-0.25, -0.2) is 14.1 Å². The molecule has 3 aromatic rings. The highest BCUT2D eigenvalue weighted by atomic mass is 79.9. The number of ketones is 1. The lowest BCUT2D eigenvalue weighted by Gasteiger charge is -2.38. The molecule has 0 saturated carbocycles. The van der Waals surface area contributed by atoms with Crippen molar-refractivity contribution >= 4 is 50.9 Å². The summed E-state index contributed by atoms with van der Waals surface area (Å²) in [7, 11) is 0. The fourth-order valence-electron chi connectivity index (χ4n) is 4.84. The minimum absolute atomic E-state index is 0.0560. The first-order valence-corrected chi connectivity index (χ1v) is 13.3. The largest absolute Gasteiger partial charge is 0.454 e. The molecule has 0 N–H and O–H groups in total. The number of carbonyl (C=O) groups is 4. The van der Waals surface area contributed by atoms with E-state index in [0.717, 1.165) is 9.37 Å². The lowest BCUT2D eigenvalue weighted by molar-refractivity contribution is -0.123. The molecule has 1 unspecified atom stereocenters. The molecule has 3 aromatic carbocycles. The van der Waals surface area contributed by atoms with Gasteiger partial charge in [0.2, 0.25) is 5.91 Å². The Balaban J connectivity index is 1.17. The van der Waals surface area contributed by atoms with E-state index in [9.17, 15) is 23.6 Å². The highest BCUT2D eigenvalue weighted by molar-refractivity contribution is 9.10. The number of para-hydroxylation sites is 1. The van der Waals surface area contributed by atoms with Crippen LogP contribution in [0.1, 0.15) is 27.1 Å². The Bertz CT molecular complexity index is 1410. The average molecular weight is 594 g/mol. The molecule has 1 atom stereocenters. The molecule has 2 saturated heterocycles. The van der Waals surface area contributed by atoms with E-state index in [0.29, 0.717) is 43.1 Å². The van der Waals surface area contributed by atoms with Crippen LogP contribution in [0.4, 0.5) is 15.8 Å². The summed E-state index contributed by atoms with van der Waals surface area (Å²) in [5, 5.41) is 0. The van der Waals surface area contributed by atoms with Crippen LogP contribution in [0.2, 0.25) is 0 Å². The first-order valence-electron chi connectivity index (χ1n) is 12.5. The smallest absolute Gasteiger partial charge is 0.338 e. The van der Waals surface area contributed by atoms with Gasteiger partial charge in [-0.3, -0.25) is 19.3 Å². The van der Waals surface area contributed by atoms with Crippen LogP contribution in [0.3, 0.4) is 0 Å². The summed E-state index contributed by atoms with van der Waals surface area (Å²) in [5.74, 6) is -1.95. The number of ether oxygens (including phenoxy) is 1. The van der Waals surface area contributed by atoms with Crippen LogP contribution in [0.5, 0.6) is 0 Å². The molecule has 2 aliphatic heterocycles. The number of hydrogen-bond acceptors (Lipinski definition) is 7. The zero-order valence-electron chi connectivity index (χ0n) is 20.9. The summed E-state index contributed by atoms with van der Waals surface area (Å²) < 4.78 is 20.1. The molecule has 0 radical (unpaired) electrons. The number of esters is 1. The van der Waals surface area contributed by atoms with Gasteiger partial charge in [-0.1, -0.05) is 40.2 Å². The van der Waals surface area contributed by atoms with Gasteiger partial charge in [0.05, 0.1) is 29.4 Å². The number of imide groups is 1. The van der Waals surface area contributed by atoms with Gasteiger partial charge < -0.3 is 9.64 Å². The molecular weight excluding hydrogens is 569 g/mol. The van der Waals surface area contributed by atoms with E-state index in [4.69, 9.17) is 4.74 Å². The van der Waals surface area contributed by atoms with Crippen molar-refractivity contribution in [3.63, 3.8) is 0 Å². The Kier molecular flexibility index (Phi) is 7.85. The summed E-state index contributed by atoms with van der Waals surface area (Å²) in [5.41, 5.74) is 1.52. The van der Waals surface area contributed by atoms with Crippen LogP contribution in [0.25, 0.3) is 0 Å². The van der Waals surface area contributed by atoms with Gasteiger partial charge in [0.25, 0.3) is 5.91 Å².